The molecule has 1 aliphatic rings. The van der Waals surface area contributed by atoms with E-state index in [4.69, 9.17) is 25.4 Å². The van der Waals surface area contributed by atoms with Crippen molar-refractivity contribution in [1.29, 1.82) is 5.41 Å². The average molecular weight is 461 g/mol. The van der Waals surface area contributed by atoms with Gasteiger partial charge >= 0.3 is 12.1 Å². The van der Waals surface area contributed by atoms with Gasteiger partial charge in [0.2, 0.25) is 5.76 Å². The lowest BCUT2D eigenvalue weighted by molar-refractivity contribution is -0.148. The van der Waals surface area contributed by atoms with Crippen LogP contribution in [0.5, 0.6) is 0 Å². The van der Waals surface area contributed by atoms with E-state index >= 15 is 0 Å². The number of unbranched alkanes of at least 4 members (excludes halogenated alkanes) is 1. The van der Waals surface area contributed by atoms with Crippen molar-refractivity contribution < 1.29 is 39.1 Å². The second-order valence-corrected chi connectivity index (χ2v) is 7.51. The van der Waals surface area contributed by atoms with Crippen molar-refractivity contribution in [3.63, 3.8) is 0 Å². The van der Waals surface area contributed by atoms with Crippen LogP contribution in [0.15, 0.2) is 11.8 Å². The Morgan fingerprint density at radius 2 is 2.06 bits per heavy atom. The van der Waals surface area contributed by atoms with Gasteiger partial charge in [0, 0.05) is 25.6 Å². The number of carbonyl (C=O) groups excluding carboxylic acids is 1. The number of aliphatic hydroxyl groups is 2. The van der Waals surface area contributed by atoms with Crippen molar-refractivity contribution in [2.75, 3.05) is 32.9 Å². The van der Waals surface area contributed by atoms with Gasteiger partial charge in [-0.1, -0.05) is 20.3 Å². The summed E-state index contributed by atoms with van der Waals surface area (Å²) in [6.45, 7) is 6.17. The van der Waals surface area contributed by atoms with Crippen molar-refractivity contribution in [2.45, 2.75) is 58.0 Å². The summed E-state index contributed by atoms with van der Waals surface area (Å²) in [5.41, 5.74) is 5.39. The minimum atomic E-state index is -1.53. The number of hydrogen-bond acceptors (Lipinski definition) is 8. The van der Waals surface area contributed by atoms with Gasteiger partial charge in [0.05, 0.1) is 19.3 Å². The molecule has 0 saturated carbocycles. The number of rotatable bonds is 13. The van der Waals surface area contributed by atoms with Gasteiger partial charge in [0.25, 0.3) is 0 Å². The summed E-state index contributed by atoms with van der Waals surface area (Å²) in [6.07, 6.45) is -1.65. The summed E-state index contributed by atoms with van der Waals surface area (Å²) < 4.78 is 16.5. The first-order chi connectivity index (χ1) is 15.2. The number of guanidine groups is 1. The molecule has 0 unspecified atom stereocenters. The zero-order valence-corrected chi connectivity index (χ0v) is 18.8. The number of carbonyl (C=O) groups is 2. The number of amides is 1. The van der Waals surface area contributed by atoms with Gasteiger partial charge in [0.1, 0.15) is 12.2 Å². The number of carboxylic acids is 1. The molecule has 0 spiro atoms. The smallest absolute Gasteiger partial charge is 0.410 e. The minimum Gasteiger partial charge on any atom is -0.479 e. The number of aliphatic carboxylic acids is 1. The fraction of sp³-hybridized carbons (Fsp3) is 0.750. The second kappa shape index (κ2) is 13.8. The van der Waals surface area contributed by atoms with Crippen LogP contribution in [0.4, 0.5) is 4.79 Å². The molecule has 12 heteroatoms. The maximum absolute atomic E-state index is 12.7. The van der Waals surface area contributed by atoms with Gasteiger partial charge in [-0.15, -0.1) is 0 Å². The molecular formula is C20H36N4O8. The predicted molar refractivity (Wildman–Crippen MR) is 115 cm³/mol. The molecule has 0 aromatic heterocycles. The van der Waals surface area contributed by atoms with Gasteiger partial charge in [-0.25, -0.2) is 9.59 Å². The molecular weight excluding hydrogens is 424 g/mol. The van der Waals surface area contributed by atoms with Crippen LogP contribution in [0.2, 0.25) is 0 Å². The van der Waals surface area contributed by atoms with Crippen molar-refractivity contribution in [1.82, 2.24) is 10.2 Å². The molecule has 5 atom stereocenters. The minimum absolute atomic E-state index is 0.261. The van der Waals surface area contributed by atoms with Crippen molar-refractivity contribution in [3.05, 3.63) is 11.8 Å². The quantitative estimate of drug-likeness (QED) is 0.122. The second-order valence-electron chi connectivity index (χ2n) is 7.51. The van der Waals surface area contributed by atoms with Crippen LogP contribution in [-0.4, -0.2) is 95.5 Å². The summed E-state index contributed by atoms with van der Waals surface area (Å²) in [5, 5.41) is 39.3. The van der Waals surface area contributed by atoms with Gasteiger partial charge in [0.15, 0.2) is 12.1 Å². The highest BCUT2D eigenvalue weighted by molar-refractivity contribution is 5.85. The lowest BCUT2D eigenvalue weighted by atomic mass is 9.87. The summed E-state index contributed by atoms with van der Waals surface area (Å²) in [5.74, 6) is -2.79. The summed E-state index contributed by atoms with van der Waals surface area (Å²) >= 11 is 0. The van der Waals surface area contributed by atoms with E-state index in [2.05, 4.69) is 5.32 Å². The molecule has 1 aliphatic heterocycles. The molecule has 0 saturated heterocycles. The number of nitrogens with one attached hydrogen (secondary N) is 2. The number of likely N-dealkylation sites (N-methyl/N-ethyl adjacent to an activating group) is 1. The normalized spacial score (nSPS) is 22.2. The Labute approximate surface area is 187 Å². The Hall–Kier alpha value is -2.57. The van der Waals surface area contributed by atoms with E-state index in [-0.39, 0.29) is 12.5 Å². The molecule has 0 radical (unpaired) electrons. The Bertz CT molecular complexity index is 660. The van der Waals surface area contributed by atoms with E-state index in [1.54, 1.807) is 13.8 Å². The van der Waals surface area contributed by atoms with Crippen LogP contribution in [0.3, 0.4) is 0 Å². The molecule has 0 bridgehead atoms. The van der Waals surface area contributed by atoms with Crippen LogP contribution in [-0.2, 0) is 19.0 Å². The highest BCUT2D eigenvalue weighted by Gasteiger charge is 2.44. The predicted octanol–water partition coefficient (Wildman–Crippen LogP) is -0.162. The highest BCUT2D eigenvalue weighted by atomic mass is 16.6. The van der Waals surface area contributed by atoms with Crippen LogP contribution >= 0.6 is 0 Å². The molecule has 1 heterocycles. The van der Waals surface area contributed by atoms with E-state index < -0.39 is 54.7 Å². The lowest BCUT2D eigenvalue weighted by Crippen LogP contribution is -2.56. The maximum Gasteiger partial charge on any atom is 0.410 e. The Balaban J connectivity index is 3.00. The number of nitrogens with two attached hydrogens (primary N) is 1. The summed E-state index contributed by atoms with van der Waals surface area (Å²) in [6, 6.07) is -0.737. The van der Waals surface area contributed by atoms with E-state index in [1.165, 1.54) is 11.0 Å². The molecule has 1 rings (SSSR count). The topological polar surface area (TPSA) is 188 Å². The van der Waals surface area contributed by atoms with Crippen LogP contribution < -0.4 is 11.1 Å². The van der Waals surface area contributed by atoms with E-state index in [9.17, 15) is 24.9 Å². The number of ether oxygens (including phenoxy) is 3. The first-order valence-corrected chi connectivity index (χ1v) is 10.7. The fourth-order valence-electron chi connectivity index (χ4n) is 3.21. The van der Waals surface area contributed by atoms with E-state index in [0.29, 0.717) is 19.8 Å². The maximum atomic E-state index is 12.7. The lowest BCUT2D eigenvalue weighted by Gasteiger charge is -2.40. The monoisotopic (exact) mass is 460 g/mol. The fourth-order valence-corrected chi connectivity index (χ4v) is 3.21. The van der Waals surface area contributed by atoms with E-state index in [1.807, 2.05) is 6.92 Å². The van der Waals surface area contributed by atoms with Crippen LogP contribution in [0.1, 0.15) is 33.6 Å². The van der Waals surface area contributed by atoms with E-state index in [0.717, 1.165) is 12.8 Å². The SMILES string of the molecule is CCCCOCCN(CC)C(=O)O[C@@H]([C@@H]1OC(C(=O)O)=C[C@H](NC(=N)N)[C@H]1C)[C@H](O)CO. The van der Waals surface area contributed by atoms with Crippen molar-refractivity contribution in [2.24, 2.45) is 11.7 Å². The van der Waals surface area contributed by atoms with Gasteiger partial charge < -0.3 is 45.5 Å². The highest BCUT2D eigenvalue weighted by Crippen LogP contribution is 2.29. The van der Waals surface area contributed by atoms with Gasteiger partial charge in [-0.05, 0) is 19.4 Å². The Kier molecular flexibility index (Phi) is 11.8. The molecule has 1 amide bonds. The molecule has 0 fully saturated rings. The first-order valence-electron chi connectivity index (χ1n) is 10.7. The molecule has 0 aromatic rings. The average Bonchev–Trinajstić information content (AvgIpc) is 2.75. The van der Waals surface area contributed by atoms with Crippen molar-refractivity contribution in [3.8, 4) is 0 Å². The Morgan fingerprint density at radius 1 is 1.38 bits per heavy atom. The number of nitrogens with zero attached hydrogens (tertiary/aromatic N) is 1. The Morgan fingerprint density at radius 3 is 2.59 bits per heavy atom. The number of carboxylic acid groups (broad SMARTS) is 1. The zero-order valence-electron chi connectivity index (χ0n) is 18.8. The first kappa shape index (κ1) is 27.5. The van der Waals surface area contributed by atoms with Gasteiger partial charge in [-0.2, -0.15) is 0 Å². The largest absolute Gasteiger partial charge is 0.479 e. The third-order valence-electron chi connectivity index (χ3n) is 5.13. The summed E-state index contributed by atoms with van der Waals surface area (Å²) in [4.78, 5) is 25.6. The van der Waals surface area contributed by atoms with Crippen LogP contribution in [0.25, 0.3) is 0 Å². The molecule has 0 aromatic carbocycles. The molecule has 0 aliphatic carbocycles. The zero-order chi connectivity index (χ0) is 24.3. The standard InChI is InChI=1S/C20H36N4O8/c1-4-6-8-30-9-7-24(5-2)20(29)32-17(14(26)11-25)16-12(3)13(23-19(21)22)10-15(31-16)18(27)28/h10,12-14,16-17,25-26H,4-9,11H2,1-3H3,(H,27,28)(H4,21,22,23)/t12-,13+,14-,16-,17-/m1/s1. The van der Waals surface area contributed by atoms with Crippen molar-refractivity contribution >= 4 is 18.0 Å². The van der Waals surface area contributed by atoms with Crippen LogP contribution in [0, 0.1) is 11.3 Å². The third-order valence-corrected chi connectivity index (χ3v) is 5.13. The van der Waals surface area contributed by atoms with Gasteiger partial charge in [-0.3, -0.25) is 5.41 Å². The molecule has 12 nitrogen and oxygen atoms in total. The molecule has 7 N–H and O–H groups in total. The molecule has 184 valence electrons. The number of hydrogen-bond donors (Lipinski definition) is 6. The number of aliphatic hydroxyl groups excluding tert-OH is 2. The molecule has 32 heavy (non-hydrogen) atoms. The third kappa shape index (κ3) is 8.17. The summed E-state index contributed by atoms with van der Waals surface area (Å²) in [7, 11) is 0.